The van der Waals surface area contributed by atoms with Crippen LogP contribution in [-0.2, 0) is 6.54 Å². The Morgan fingerprint density at radius 3 is 2.90 bits per heavy atom. The summed E-state index contributed by atoms with van der Waals surface area (Å²) in [6, 6.07) is 10.6. The molecule has 1 saturated heterocycles. The molecule has 0 saturated carbocycles. The summed E-state index contributed by atoms with van der Waals surface area (Å²) in [5.41, 5.74) is 5.86. The Morgan fingerprint density at radius 1 is 1.16 bits per heavy atom. The molecule has 1 atom stereocenters. The first kappa shape index (κ1) is 20.2. The topological polar surface area (TPSA) is 58.4 Å². The quantitative estimate of drug-likeness (QED) is 0.468. The molecule has 0 amide bonds. The van der Waals surface area contributed by atoms with Crippen LogP contribution in [0.1, 0.15) is 46.3 Å². The summed E-state index contributed by atoms with van der Waals surface area (Å²) in [6.07, 6.45) is 6.40. The molecule has 6 nitrogen and oxygen atoms in total. The number of nitrogens with one attached hydrogen (secondary N) is 1. The van der Waals surface area contributed by atoms with E-state index in [4.69, 9.17) is 9.97 Å². The van der Waals surface area contributed by atoms with Crippen LogP contribution >= 0.6 is 11.3 Å². The smallest absolute Gasteiger partial charge is 0.188 e. The molecule has 1 unspecified atom stereocenters. The number of pyridine rings is 2. The highest BCUT2D eigenvalue weighted by molar-refractivity contribution is 7.15. The Kier molecular flexibility index (Phi) is 5.46. The number of hydrogen-bond acceptors (Lipinski definition) is 6. The molecule has 5 rings (SSSR count). The molecule has 7 heteroatoms. The van der Waals surface area contributed by atoms with Gasteiger partial charge in [0.1, 0.15) is 11.5 Å². The highest BCUT2D eigenvalue weighted by atomic mass is 32.1. The van der Waals surface area contributed by atoms with Crippen molar-refractivity contribution in [1.82, 2.24) is 24.3 Å². The van der Waals surface area contributed by atoms with Crippen molar-refractivity contribution in [2.24, 2.45) is 0 Å². The van der Waals surface area contributed by atoms with Gasteiger partial charge >= 0.3 is 0 Å². The van der Waals surface area contributed by atoms with E-state index < -0.39 is 0 Å². The van der Waals surface area contributed by atoms with Gasteiger partial charge in [-0.1, -0.05) is 6.07 Å². The van der Waals surface area contributed by atoms with Crippen LogP contribution in [0.3, 0.4) is 0 Å². The first-order chi connectivity index (χ1) is 15.0. The third kappa shape index (κ3) is 4.34. The van der Waals surface area contributed by atoms with E-state index in [1.54, 1.807) is 11.3 Å². The average molecular weight is 433 g/mol. The lowest BCUT2D eigenvalue weighted by Crippen LogP contribution is -2.34. The SMILES string of the molecule is Cc1ccn2c(CN3CCCC(c4cccc(Nc5ncc(C)s5)n4)C3)c(C)nc2c1. The number of likely N-dealkylation sites (tertiary alicyclic amines) is 1. The maximum atomic E-state index is 4.92. The van der Waals surface area contributed by atoms with E-state index in [2.05, 4.69) is 70.8 Å². The van der Waals surface area contributed by atoms with Gasteiger partial charge in [-0.25, -0.2) is 15.0 Å². The van der Waals surface area contributed by atoms with Crippen molar-refractivity contribution in [1.29, 1.82) is 0 Å². The van der Waals surface area contributed by atoms with Gasteiger partial charge in [0, 0.05) is 42.0 Å². The monoisotopic (exact) mass is 432 g/mol. The second kappa shape index (κ2) is 8.40. The van der Waals surface area contributed by atoms with E-state index in [0.717, 1.165) is 47.6 Å². The molecule has 1 aliphatic rings. The summed E-state index contributed by atoms with van der Waals surface area (Å²) in [4.78, 5) is 17.8. The lowest BCUT2D eigenvalue weighted by Gasteiger charge is -2.32. The van der Waals surface area contributed by atoms with E-state index >= 15 is 0 Å². The van der Waals surface area contributed by atoms with Crippen LogP contribution in [0.25, 0.3) is 5.65 Å². The van der Waals surface area contributed by atoms with E-state index in [1.807, 2.05) is 12.3 Å². The molecule has 1 aliphatic heterocycles. The van der Waals surface area contributed by atoms with Gasteiger partial charge in [-0.3, -0.25) is 4.90 Å². The Labute approximate surface area is 187 Å². The fraction of sp³-hybridized carbons (Fsp3) is 0.375. The number of imidazole rings is 1. The summed E-state index contributed by atoms with van der Waals surface area (Å²) in [5, 5.41) is 4.25. The number of fused-ring (bicyclic) bond motifs is 1. The number of aromatic nitrogens is 4. The van der Waals surface area contributed by atoms with E-state index in [1.165, 1.54) is 29.0 Å². The van der Waals surface area contributed by atoms with Crippen LogP contribution < -0.4 is 5.32 Å². The molecule has 5 heterocycles. The van der Waals surface area contributed by atoms with Crippen LogP contribution in [0.4, 0.5) is 10.9 Å². The zero-order chi connectivity index (χ0) is 21.4. The lowest BCUT2D eigenvalue weighted by atomic mass is 9.94. The number of thiazole rings is 1. The summed E-state index contributed by atoms with van der Waals surface area (Å²) in [6.45, 7) is 9.36. The number of nitrogens with zero attached hydrogens (tertiary/aromatic N) is 5. The third-order valence-corrected chi connectivity index (χ3v) is 6.83. The summed E-state index contributed by atoms with van der Waals surface area (Å²) in [5.74, 6) is 1.31. The minimum absolute atomic E-state index is 0.440. The second-order valence-electron chi connectivity index (χ2n) is 8.50. The minimum Gasteiger partial charge on any atom is -0.316 e. The van der Waals surface area contributed by atoms with Crippen molar-refractivity contribution in [3.63, 3.8) is 0 Å². The molecule has 1 fully saturated rings. The normalized spacial score (nSPS) is 17.3. The largest absolute Gasteiger partial charge is 0.316 e. The molecule has 4 aromatic heterocycles. The molecule has 0 aromatic carbocycles. The maximum absolute atomic E-state index is 4.92. The standard InChI is InChI=1S/C24H28N6S/c1-16-9-11-30-21(18(3)26-23(30)12-16)15-29-10-5-6-19(14-29)20-7-4-8-22(27-20)28-24-25-13-17(2)31-24/h4,7-9,11-13,19H,5-6,10,14-15H2,1-3H3,(H,25,27,28). The zero-order valence-corrected chi connectivity index (χ0v) is 19.1. The fourth-order valence-electron chi connectivity index (χ4n) is 4.43. The van der Waals surface area contributed by atoms with Gasteiger partial charge in [-0.15, -0.1) is 11.3 Å². The van der Waals surface area contributed by atoms with Crippen LogP contribution in [0.5, 0.6) is 0 Å². The van der Waals surface area contributed by atoms with Gasteiger partial charge in [0.2, 0.25) is 0 Å². The van der Waals surface area contributed by atoms with Crippen molar-refractivity contribution in [3.8, 4) is 0 Å². The number of rotatable bonds is 5. The molecule has 160 valence electrons. The van der Waals surface area contributed by atoms with Crippen LogP contribution in [0.15, 0.2) is 42.7 Å². The van der Waals surface area contributed by atoms with E-state index in [-0.39, 0.29) is 0 Å². The third-order valence-electron chi connectivity index (χ3n) is 6.00. The summed E-state index contributed by atoms with van der Waals surface area (Å²) < 4.78 is 2.24. The van der Waals surface area contributed by atoms with Crippen molar-refractivity contribution >= 4 is 27.9 Å². The van der Waals surface area contributed by atoms with Crippen molar-refractivity contribution in [3.05, 3.63) is 70.2 Å². The summed E-state index contributed by atoms with van der Waals surface area (Å²) in [7, 11) is 0. The molecular formula is C24H28N6S. The Hall–Kier alpha value is -2.77. The molecule has 0 radical (unpaired) electrons. The Morgan fingerprint density at radius 2 is 2.06 bits per heavy atom. The molecule has 0 bridgehead atoms. The maximum Gasteiger partial charge on any atom is 0.188 e. The first-order valence-corrected chi connectivity index (χ1v) is 11.7. The lowest BCUT2D eigenvalue weighted by molar-refractivity contribution is 0.195. The Balaban J connectivity index is 1.32. The molecule has 4 aromatic rings. The molecule has 0 aliphatic carbocycles. The van der Waals surface area contributed by atoms with Crippen LogP contribution in [0, 0.1) is 20.8 Å². The van der Waals surface area contributed by atoms with Crippen LogP contribution in [0.2, 0.25) is 0 Å². The number of hydrogen-bond donors (Lipinski definition) is 1. The van der Waals surface area contributed by atoms with Gasteiger partial charge in [0.15, 0.2) is 5.13 Å². The highest BCUT2D eigenvalue weighted by Crippen LogP contribution is 2.29. The molecule has 1 N–H and O–H groups in total. The Bertz CT molecular complexity index is 1210. The second-order valence-corrected chi connectivity index (χ2v) is 9.73. The predicted octanol–water partition coefficient (Wildman–Crippen LogP) is 5.23. The van der Waals surface area contributed by atoms with Crippen LogP contribution in [-0.4, -0.2) is 37.3 Å². The first-order valence-electron chi connectivity index (χ1n) is 10.9. The van der Waals surface area contributed by atoms with Crippen molar-refractivity contribution in [2.75, 3.05) is 18.4 Å². The molecule has 0 spiro atoms. The van der Waals surface area contributed by atoms with Gasteiger partial charge < -0.3 is 9.72 Å². The highest BCUT2D eigenvalue weighted by Gasteiger charge is 2.24. The average Bonchev–Trinajstić information content (AvgIpc) is 3.30. The number of anilines is 2. The van der Waals surface area contributed by atoms with Gasteiger partial charge in [0.25, 0.3) is 0 Å². The zero-order valence-electron chi connectivity index (χ0n) is 18.3. The van der Waals surface area contributed by atoms with Gasteiger partial charge in [-0.2, -0.15) is 0 Å². The summed E-state index contributed by atoms with van der Waals surface area (Å²) >= 11 is 1.65. The van der Waals surface area contributed by atoms with Gasteiger partial charge in [0.05, 0.1) is 11.4 Å². The fourth-order valence-corrected chi connectivity index (χ4v) is 5.10. The van der Waals surface area contributed by atoms with Crippen molar-refractivity contribution < 1.29 is 0 Å². The number of piperidine rings is 1. The van der Waals surface area contributed by atoms with Crippen molar-refractivity contribution in [2.45, 2.75) is 46.1 Å². The van der Waals surface area contributed by atoms with E-state index in [9.17, 15) is 0 Å². The predicted molar refractivity (Wildman–Crippen MR) is 126 cm³/mol. The molecule has 31 heavy (non-hydrogen) atoms. The van der Waals surface area contributed by atoms with E-state index in [0.29, 0.717) is 5.92 Å². The van der Waals surface area contributed by atoms with Gasteiger partial charge in [-0.05, 0) is 70.0 Å². The minimum atomic E-state index is 0.440. The number of aryl methyl sites for hydroxylation is 3. The molecular weight excluding hydrogens is 404 g/mol.